The van der Waals surface area contributed by atoms with Gasteiger partial charge in [0.2, 0.25) is 0 Å². The third-order valence-electron chi connectivity index (χ3n) is 13.2. The van der Waals surface area contributed by atoms with Gasteiger partial charge in [-0.15, -0.1) is 0 Å². The second-order valence-corrected chi connectivity index (χ2v) is 17.0. The van der Waals surface area contributed by atoms with E-state index in [9.17, 15) is 0 Å². The van der Waals surface area contributed by atoms with E-state index in [2.05, 4.69) is 217 Å². The highest BCUT2D eigenvalue weighted by atomic mass is 15.0. The van der Waals surface area contributed by atoms with Gasteiger partial charge in [-0.1, -0.05) is 141 Å². The summed E-state index contributed by atoms with van der Waals surface area (Å²) in [5.74, 6) is 0.687. The molecule has 1 aliphatic carbocycles. The van der Waals surface area contributed by atoms with Gasteiger partial charge in [-0.25, -0.2) is 9.97 Å². The highest BCUT2D eigenvalue weighted by molar-refractivity contribution is 6.13. The molecule has 12 aromatic rings. The van der Waals surface area contributed by atoms with Gasteiger partial charge in [-0.3, -0.25) is 0 Å². The Morgan fingerprint density at radius 2 is 0.885 bits per heavy atom. The van der Waals surface area contributed by atoms with Crippen LogP contribution in [-0.2, 0) is 5.41 Å². The Kier molecular flexibility index (Phi) is 7.04. The third kappa shape index (κ3) is 4.93. The summed E-state index contributed by atoms with van der Waals surface area (Å²) in [6.07, 6.45) is 0. The van der Waals surface area contributed by atoms with E-state index in [-0.39, 0.29) is 5.41 Å². The Bertz CT molecular complexity index is 3740. The first-order chi connectivity index (χ1) is 30.0. The summed E-state index contributed by atoms with van der Waals surface area (Å²) in [7, 11) is 0. The fourth-order valence-electron chi connectivity index (χ4n) is 10.4. The summed E-state index contributed by atoms with van der Waals surface area (Å²) in [5.41, 5.74) is 15.8. The Labute approximate surface area is 352 Å². The van der Waals surface area contributed by atoms with Crippen molar-refractivity contribution in [3.8, 4) is 45.1 Å². The number of nitrogens with zero attached hydrogens (tertiary/aromatic N) is 4. The topological polar surface area (TPSA) is 35.6 Å². The first-order valence-corrected chi connectivity index (χ1v) is 21.1. The normalized spacial score (nSPS) is 13.2. The van der Waals surface area contributed by atoms with E-state index in [0.29, 0.717) is 5.82 Å². The number of benzene rings is 9. The van der Waals surface area contributed by atoms with Crippen molar-refractivity contribution in [2.45, 2.75) is 19.3 Å². The number of hydrogen-bond donors (Lipinski definition) is 0. The maximum atomic E-state index is 5.42. The minimum atomic E-state index is -0.188. The van der Waals surface area contributed by atoms with Crippen LogP contribution in [0.25, 0.3) is 110 Å². The van der Waals surface area contributed by atoms with Crippen LogP contribution in [0.5, 0.6) is 0 Å². The quantitative estimate of drug-likeness (QED) is 0.178. The second kappa shape index (κ2) is 12.6. The number of aromatic nitrogens is 4. The average Bonchev–Trinajstić information content (AvgIpc) is 3.90. The molecule has 3 heterocycles. The van der Waals surface area contributed by atoms with Crippen molar-refractivity contribution in [1.29, 1.82) is 0 Å². The third-order valence-corrected chi connectivity index (χ3v) is 13.2. The molecule has 0 saturated heterocycles. The number of rotatable bonds is 4. The molecule has 9 aromatic carbocycles. The predicted molar refractivity (Wildman–Crippen MR) is 254 cm³/mol. The van der Waals surface area contributed by atoms with Crippen LogP contribution in [0.3, 0.4) is 0 Å². The molecule has 0 atom stereocenters. The zero-order valence-electron chi connectivity index (χ0n) is 33.8. The molecular formula is C57H38N4. The zero-order valence-corrected chi connectivity index (χ0v) is 33.8. The largest absolute Gasteiger partial charge is 0.309 e. The molecule has 4 nitrogen and oxygen atoms in total. The molecule has 3 aromatic heterocycles. The van der Waals surface area contributed by atoms with Crippen LogP contribution in [0, 0.1) is 0 Å². The van der Waals surface area contributed by atoms with Crippen LogP contribution in [0.15, 0.2) is 194 Å². The van der Waals surface area contributed by atoms with E-state index >= 15 is 0 Å². The van der Waals surface area contributed by atoms with Crippen LogP contribution in [0.4, 0.5) is 0 Å². The van der Waals surface area contributed by atoms with Gasteiger partial charge < -0.3 is 9.13 Å². The van der Waals surface area contributed by atoms with Crippen LogP contribution in [-0.4, -0.2) is 19.1 Å². The summed E-state index contributed by atoms with van der Waals surface area (Å²) >= 11 is 0. The summed E-state index contributed by atoms with van der Waals surface area (Å²) in [6, 6.07) is 70.6. The van der Waals surface area contributed by atoms with E-state index in [4.69, 9.17) is 9.97 Å². The van der Waals surface area contributed by atoms with Crippen LogP contribution < -0.4 is 0 Å². The van der Waals surface area contributed by atoms with Gasteiger partial charge in [-0.05, 0) is 99.8 Å². The molecule has 0 spiro atoms. The van der Waals surface area contributed by atoms with E-state index < -0.39 is 0 Å². The van der Waals surface area contributed by atoms with Crippen LogP contribution in [0.1, 0.15) is 25.0 Å². The number of para-hydroxylation sites is 4. The van der Waals surface area contributed by atoms with Crippen molar-refractivity contribution >= 4 is 65.3 Å². The zero-order chi connectivity index (χ0) is 40.4. The lowest BCUT2D eigenvalue weighted by Crippen LogP contribution is -2.15. The van der Waals surface area contributed by atoms with E-state index in [0.717, 1.165) is 55.6 Å². The smallest absolute Gasteiger partial charge is 0.160 e. The van der Waals surface area contributed by atoms with E-state index in [1.807, 2.05) is 0 Å². The molecule has 61 heavy (non-hydrogen) atoms. The van der Waals surface area contributed by atoms with Gasteiger partial charge >= 0.3 is 0 Å². The van der Waals surface area contributed by atoms with Gasteiger partial charge in [0.05, 0.1) is 33.3 Å². The van der Waals surface area contributed by atoms with Crippen molar-refractivity contribution in [3.63, 3.8) is 0 Å². The lowest BCUT2D eigenvalue weighted by molar-refractivity contribution is 0.662. The highest BCUT2D eigenvalue weighted by Gasteiger charge is 2.37. The molecule has 0 aliphatic heterocycles. The molecule has 0 fully saturated rings. The Morgan fingerprint density at radius 1 is 0.377 bits per heavy atom. The van der Waals surface area contributed by atoms with Gasteiger partial charge in [-0.2, -0.15) is 0 Å². The summed E-state index contributed by atoms with van der Waals surface area (Å²) in [5, 5.41) is 8.49. The molecule has 4 heteroatoms. The van der Waals surface area contributed by atoms with Crippen LogP contribution in [0.2, 0.25) is 0 Å². The van der Waals surface area contributed by atoms with Crippen molar-refractivity contribution in [2.24, 2.45) is 0 Å². The fraction of sp³-hybridized carbons (Fsp3) is 0.0526. The number of fused-ring (bicyclic) bond motifs is 11. The molecule has 0 unspecified atom stereocenters. The molecule has 0 N–H and O–H groups in total. The van der Waals surface area contributed by atoms with Gasteiger partial charge in [0.1, 0.15) is 0 Å². The van der Waals surface area contributed by atoms with E-state index in [1.54, 1.807) is 0 Å². The Balaban J connectivity index is 1.13. The minimum Gasteiger partial charge on any atom is -0.309 e. The van der Waals surface area contributed by atoms with Crippen molar-refractivity contribution in [1.82, 2.24) is 19.1 Å². The summed E-state index contributed by atoms with van der Waals surface area (Å²) in [4.78, 5) is 10.7. The maximum Gasteiger partial charge on any atom is 0.160 e. The summed E-state index contributed by atoms with van der Waals surface area (Å²) < 4.78 is 4.88. The molecule has 1 aliphatic rings. The van der Waals surface area contributed by atoms with Crippen molar-refractivity contribution in [2.75, 3.05) is 0 Å². The van der Waals surface area contributed by atoms with Crippen molar-refractivity contribution < 1.29 is 0 Å². The van der Waals surface area contributed by atoms with Gasteiger partial charge in [0, 0.05) is 54.8 Å². The second-order valence-electron chi connectivity index (χ2n) is 17.0. The van der Waals surface area contributed by atoms with E-state index in [1.165, 1.54) is 60.1 Å². The predicted octanol–water partition coefficient (Wildman–Crippen LogP) is 14.6. The maximum absolute atomic E-state index is 5.42. The van der Waals surface area contributed by atoms with Crippen LogP contribution >= 0.6 is 0 Å². The summed E-state index contributed by atoms with van der Waals surface area (Å²) in [6.45, 7) is 4.77. The molecule has 0 radical (unpaired) electrons. The Hall–Kier alpha value is -7.82. The molecule has 0 bridgehead atoms. The van der Waals surface area contributed by atoms with Crippen molar-refractivity contribution in [3.05, 3.63) is 205 Å². The van der Waals surface area contributed by atoms with Gasteiger partial charge in [0.15, 0.2) is 5.82 Å². The Morgan fingerprint density at radius 3 is 1.56 bits per heavy atom. The first kappa shape index (κ1) is 34.1. The monoisotopic (exact) mass is 778 g/mol. The average molecular weight is 779 g/mol. The fourth-order valence-corrected chi connectivity index (χ4v) is 10.4. The molecule has 0 saturated carbocycles. The molecular weight excluding hydrogens is 741 g/mol. The lowest BCUT2D eigenvalue weighted by atomic mass is 9.81. The standard InChI is InChI=1S/C57H38N4/c1-57(2)48-31-37-19-7-6-18-36(37)30-45(48)46-33-47-43-22-11-15-27-53(43)61(54(47)34-49(46)57)40-29-38(56-58-50-24-12-8-23-44(50)55(59-56)35-16-4-3-5-17-35)28-39(32-40)60-51-25-13-9-20-41(51)42-21-10-14-26-52(42)60/h3-34H,1-2H3. The molecule has 286 valence electrons. The lowest BCUT2D eigenvalue weighted by Gasteiger charge is -2.22. The molecule has 13 rings (SSSR count). The van der Waals surface area contributed by atoms with Gasteiger partial charge in [0.25, 0.3) is 0 Å². The first-order valence-electron chi connectivity index (χ1n) is 21.1. The minimum absolute atomic E-state index is 0.188. The SMILES string of the molecule is CC1(C)c2cc3ccccc3cc2-c2cc3c4ccccc4n(-c4cc(-c5nc(-c6ccccc6)c6ccccc6n5)cc(-n5c6ccccc6c6ccccc65)c4)c3cc21. The highest BCUT2D eigenvalue weighted by Crippen LogP contribution is 2.52. The number of hydrogen-bond acceptors (Lipinski definition) is 2. The molecule has 0 amide bonds.